The molecule has 0 heterocycles. The summed E-state index contributed by atoms with van der Waals surface area (Å²) in [5.41, 5.74) is 2.34. The lowest BCUT2D eigenvalue weighted by molar-refractivity contribution is 0.00681. The van der Waals surface area contributed by atoms with Crippen molar-refractivity contribution in [3.63, 3.8) is 0 Å². The fourth-order valence-corrected chi connectivity index (χ4v) is 2.59. The van der Waals surface area contributed by atoms with Crippen molar-refractivity contribution in [1.82, 2.24) is 0 Å². The average molecular weight is 299 g/mol. The summed E-state index contributed by atoms with van der Waals surface area (Å²) in [5, 5.41) is 9.89. The molecule has 0 aromatic heterocycles. The summed E-state index contributed by atoms with van der Waals surface area (Å²) in [4.78, 5) is 0. The zero-order valence-corrected chi connectivity index (χ0v) is 12.0. The second-order valence-electron chi connectivity index (χ2n) is 4.88. The molecule has 0 aliphatic heterocycles. The first-order valence-corrected chi connectivity index (χ1v) is 6.98. The van der Waals surface area contributed by atoms with Crippen LogP contribution in [0.4, 0.5) is 0 Å². The van der Waals surface area contributed by atoms with Gasteiger partial charge in [-0.3, -0.25) is 0 Å². The highest BCUT2D eigenvalue weighted by molar-refractivity contribution is 9.10. The largest absolute Gasteiger partial charge is 0.488 e. The Bertz CT molecular complexity index is 380. The number of benzene rings is 1. The lowest BCUT2D eigenvalue weighted by Gasteiger charge is -2.28. The van der Waals surface area contributed by atoms with E-state index in [-0.39, 0.29) is 12.2 Å². The van der Waals surface area contributed by atoms with Gasteiger partial charge in [0.25, 0.3) is 0 Å². The molecule has 0 spiro atoms. The summed E-state index contributed by atoms with van der Waals surface area (Å²) < 4.78 is 7.05. The van der Waals surface area contributed by atoms with E-state index in [0.717, 1.165) is 35.9 Å². The first-order valence-electron chi connectivity index (χ1n) is 6.19. The Balaban J connectivity index is 2.12. The summed E-state index contributed by atoms with van der Waals surface area (Å²) in [6.45, 7) is 4.11. The fourth-order valence-electron chi connectivity index (χ4n) is 2.36. The highest BCUT2D eigenvalue weighted by Gasteiger charge is 2.24. The van der Waals surface area contributed by atoms with Gasteiger partial charge in [0.15, 0.2) is 0 Å². The van der Waals surface area contributed by atoms with Gasteiger partial charge in [-0.2, -0.15) is 0 Å². The number of aliphatic hydroxyl groups excluding tert-OH is 1. The molecular formula is C14H19BrO2. The molecule has 0 bridgehead atoms. The van der Waals surface area contributed by atoms with E-state index in [4.69, 9.17) is 4.74 Å². The second-order valence-corrected chi connectivity index (χ2v) is 5.67. The highest BCUT2D eigenvalue weighted by atomic mass is 79.9. The molecule has 2 rings (SSSR count). The zero-order chi connectivity index (χ0) is 12.4. The molecule has 0 unspecified atom stereocenters. The van der Waals surface area contributed by atoms with Crippen LogP contribution in [0.5, 0.6) is 5.75 Å². The van der Waals surface area contributed by atoms with E-state index in [9.17, 15) is 5.11 Å². The Labute approximate surface area is 111 Å². The summed E-state index contributed by atoms with van der Waals surface area (Å²) in [5.74, 6) is 0.870. The van der Waals surface area contributed by atoms with E-state index < -0.39 is 0 Å². The molecule has 1 N–H and O–H groups in total. The Kier molecular flexibility index (Phi) is 4.10. The molecule has 0 radical (unpaired) electrons. The van der Waals surface area contributed by atoms with E-state index >= 15 is 0 Å². The van der Waals surface area contributed by atoms with Crippen molar-refractivity contribution in [3.05, 3.63) is 27.7 Å². The maximum atomic E-state index is 9.89. The molecule has 3 heteroatoms. The van der Waals surface area contributed by atoms with Crippen molar-refractivity contribution in [2.24, 2.45) is 0 Å². The van der Waals surface area contributed by atoms with Gasteiger partial charge in [0.1, 0.15) is 11.9 Å². The second kappa shape index (κ2) is 5.40. The number of ether oxygens (including phenoxy) is 1. The summed E-state index contributed by atoms with van der Waals surface area (Å²) in [6.07, 6.45) is 3.72. The molecule has 94 valence electrons. The number of aryl methyl sites for hydroxylation is 2. The van der Waals surface area contributed by atoms with Gasteiger partial charge in [-0.05, 0) is 56.4 Å². The molecule has 2 nitrogen and oxygen atoms in total. The monoisotopic (exact) mass is 298 g/mol. The third-order valence-corrected chi connectivity index (χ3v) is 4.62. The first-order chi connectivity index (χ1) is 8.08. The van der Waals surface area contributed by atoms with E-state index in [2.05, 4.69) is 29.8 Å². The fraction of sp³-hybridized carbons (Fsp3) is 0.571. The molecular weight excluding hydrogens is 280 g/mol. The normalized spacial score (nSPS) is 24.7. The van der Waals surface area contributed by atoms with E-state index in [0.29, 0.717) is 0 Å². The smallest absolute Gasteiger partial charge is 0.124 e. The molecule has 1 aromatic rings. The minimum atomic E-state index is -0.312. The third-order valence-electron chi connectivity index (χ3n) is 3.37. The van der Waals surface area contributed by atoms with Gasteiger partial charge in [-0.25, -0.2) is 0 Å². The van der Waals surface area contributed by atoms with E-state index in [1.54, 1.807) is 0 Å². The van der Waals surface area contributed by atoms with Crippen molar-refractivity contribution in [1.29, 1.82) is 0 Å². The SMILES string of the molecule is Cc1cc(O[C@H]2CCCC[C@@H]2O)cc(C)c1Br. The average Bonchev–Trinajstić information content (AvgIpc) is 2.29. The molecule has 0 amide bonds. The van der Waals surface area contributed by atoms with Crippen LogP contribution in [0.25, 0.3) is 0 Å². The molecule has 2 atom stereocenters. The van der Waals surface area contributed by atoms with Crippen molar-refractivity contribution in [2.75, 3.05) is 0 Å². The number of hydrogen-bond acceptors (Lipinski definition) is 2. The maximum Gasteiger partial charge on any atom is 0.124 e. The Morgan fingerprint density at radius 2 is 1.76 bits per heavy atom. The van der Waals surface area contributed by atoms with Gasteiger partial charge >= 0.3 is 0 Å². The van der Waals surface area contributed by atoms with Gasteiger partial charge < -0.3 is 9.84 Å². The van der Waals surface area contributed by atoms with Crippen LogP contribution >= 0.6 is 15.9 Å². The Morgan fingerprint density at radius 3 is 2.35 bits per heavy atom. The maximum absolute atomic E-state index is 9.89. The van der Waals surface area contributed by atoms with Gasteiger partial charge in [0.05, 0.1) is 6.10 Å². The third kappa shape index (κ3) is 3.02. The van der Waals surface area contributed by atoms with Crippen LogP contribution in [-0.2, 0) is 0 Å². The molecule has 1 aliphatic rings. The van der Waals surface area contributed by atoms with E-state index in [1.165, 1.54) is 11.1 Å². The summed E-state index contributed by atoms with van der Waals surface area (Å²) in [7, 11) is 0. The zero-order valence-electron chi connectivity index (χ0n) is 10.4. The summed E-state index contributed by atoms with van der Waals surface area (Å²) in [6, 6.07) is 4.05. The van der Waals surface area contributed by atoms with Gasteiger partial charge in [-0.15, -0.1) is 0 Å². The van der Waals surface area contributed by atoms with Gasteiger partial charge in [0.2, 0.25) is 0 Å². The van der Waals surface area contributed by atoms with Crippen LogP contribution in [0.2, 0.25) is 0 Å². The minimum absolute atomic E-state index is 0.0382. The standard InChI is InChI=1S/C14H19BrO2/c1-9-7-11(8-10(2)14(9)15)17-13-6-4-3-5-12(13)16/h7-8,12-13,16H,3-6H2,1-2H3/t12-,13-/m0/s1. The van der Waals surface area contributed by atoms with Crippen molar-refractivity contribution >= 4 is 15.9 Å². The molecule has 1 fully saturated rings. The van der Waals surface area contributed by atoms with Crippen molar-refractivity contribution in [2.45, 2.75) is 51.7 Å². The Morgan fingerprint density at radius 1 is 1.18 bits per heavy atom. The minimum Gasteiger partial charge on any atom is -0.488 e. The molecule has 1 saturated carbocycles. The molecule has 1 aliphatic carbocycles. The van der Waals surface area contributed by atoms with Crippen LogP contribution in [0.3, 0.4) is 0 Å². The van der Waals surface area contributed by atoms with Crippen LogP contribution in [0, 0.1) is 13.8 Å². The lowest BCUT2D eigenvalue weighted by atomic mass is 9.95. The number of hydrogen-bond donors (Lipinski definition) is 1. The van der Waals surface area contributed by atoms with Crippen molar-refractivity contribution < 1.29 is 9.84 Å². The predicted molar refractivity (Wildman–Crippen MR) is 72.5 cm³/mol. The van der Waals surface area contributed by atoms with Gasteiger partial charge in [0, 0.05) is 4.47 Å². The van der Waals surface area contributed by atoms with Gasteiger partial charge in [-0.1, -0.05) is 22.4 Å². The van der Waals surface area contributed by atoms with Crippen LogP contribution in [0.15, 0.2) is 16.6 Å². The van der Waals surface area contributed by atoms with Crippen LogP contribution in [0.1, 0.15) is 36.8 Å². The van der Waals surface area contributed by atoms with Crippen LogP contribution < -0.4 is 4.74 Å². The topological polar surface area (TPSA) is 29.5 Å². The lowest BCUT2D eigenvalue weighted by Crippen LogP contribution is -2.34. The summed E-state index contributed by atoms with van der Waals surface area (Å²) >= 11 is 3.55. The van der Waals surface area contributed by atoms with Crippen molar-refractivity contribution in [3.8, 4) is 5.75 Å². The molecule has 17 heavy (non-hydrogen) atoms. The Hall–Kier alpha value is -0.540. The first kappa shape index (κ1) is 12.9. The number of aliphatic hydroxyl groups is 1. The highest BCUT2D eigenvalue weighted by Crippen LogP contribution is 2.29. The molecule has 0 saturated heterocycles. The van der Waals surface area contributed by atoms with Crippen LogP contribution in [-0.4, -0.2) is 17.3 Å². The number of halogens is 1. The number of rotatable bonds is 2. The molecule has 1 aromatic carbocycles. The quantitative estimate of drug-likeness (QED) is 0.901. The predicted octanol–water partition coefficient (Wildman–Crippen LogP) is 3.75. The van der Waals surface area contributed by atoms with E-state index in [1.807, 2.05) is 12.1 Å².